The molecule has 8 heteroatoms. The van der Waals surface area contributed by atoms with Crippen molar-refractivity contribution in [3.8, 4) is 0 Å². The van der Waals surface area contributed by atoms with Crippen molar-refractivity contribution in [1.29, 1.82) is 0 Å². The highest BCUT2D eigenvalue weighted by Gasteiger charge is 2.40. The molecule has 142 valence electrons. The van der Waals surface area contributed by atoms with E-state index in [-0.39, 0.29) is 50.5 Å². The Morgan fingerprint density at radius 1 is 0.815 bits per heavy atom. The molecule has 0 saturated heterocycles. The van der Waals surface area contributed by atoms with Crippen LogP contribution >= 0.6 is 22.7 Å². The van der Waals surface area contributed by atoms with Crippen LogP contribution in [0.1, 0.15) is 81.7 Å². The Hall–Kier alpha value is -2.32. The number of rotatable bonds is 5. The van der Waals surface area contributed by atoms with Gasteiger partial charge in [0.1, 0.15) is 9.75 Å². The molecule has 0 bridgehead atoms. The molecule has 0 unspecified atom stereocenters. The van der Waals surface area contributed by atoms with Crippen LogP contribution in [0.5, 0.6) is 0 Å². The van der Waals surface area contributed by atoms with Gasteiger partial charge in [-0.2, -0.15) is 0 Å². The van der Waals surface area contributed by atoms with Crippen LogP contribution in [0, 0.1) is 6.92 Å². The molecule has 0 fully saturated rings. The Kier molecular flexibility index (Phi) is 5.30. The summed E-state index contributed by atoms with van der Waals surface area (Å²) in [5.74, 6) is -1.73. The molecule has 0 atom stereocenters. The highest BCUT2D eigenvalue weighted by Crippen LogP contribution is 2.42. The number of hydrogen-bond acceptors (Lipinski definition) is 8. The first-order valence-corrected chi connectivity index (χ1v) is 10.2. The van der Waals surface area contributed by atoms with Gasteiger partial charge in [-0.1, -0.05) is 6.92 Å². The van der Waals surface area contributed by atoms with E-state index in [1.807, 2.05) is 6.92 Å². The number of ketones is 2. The molecule has 0 spiro atoms. The summed E-state index contributed by atoms with van der Waals surface area (Å²) in [4.78, 5) is 51.7. The summed E-state index contributed by atoms with van der Waals surface area (Å²) in [6.45, 7) is 7.27. The first-order valence-electron chi connectivity index (χ1n) is 8.59. The van der Waals surface area contributed by atoms with Crippen molar-refractivity contribution in [1.82, 2.24) is 0 Å². The van der Waals surface area contributed by atoms with Crippen LogP contribution in [0.25, 0.3) is 0 Å². The van der Waals surface area contributed by atoms with Crippen molar-refractivity contribution in [2.24, 2.45) is 0 Å². The fourth-order valence-corrected chi connectivity index (χ4v) is 5.57. The molecule has 2 aromatic heterocycles. The number of esters is 2. The molecule has 0 radical (unpaired) electrons. The van der Waals surface area contributed by atoms with Crippen LogP contribution in [0.3, 0.4) is 0 Å². The Morgan fingerprint density at radius 2 is 1.33 bits per heavy atom. The molecule has 2 aromatic rings. The van der Waals surface area contributed by atoms with E-state index in [1.54, 1.807) is 20.8 Å². The molecule has 0 amide bonds. The summed E-state index contributed by atoms with van der Waals surface area (Å²) in [5, 5.41) is 0. The molecule has 3 rings (SSSR count). The van der Waals surface area contributed by atoms with Crippen molar-refractivity contribution >= 4 is 46.2 Å². The fraction of sp³-hybridized carbons (Fsp3) is 0.368. The topological polar surface area (TPSA) is 86.7 Å². The van der Waals surface area contributed by atoms with Crippen LogP contribution in [0.15, 0.2) is 0 Å². The lowest BCUT2D eigenvalue weighted by Gasteiger charge is -2.12. The molecule has 0 aliphatic heterocycles. The van der Waals surface area contributed by atoms with Crippen LogP contribution in [0.4, 0.5) is 0 Å². The Morgan fingerprint density at radius 3 is 1.89 bits per heavy atom. The van der Waals surface area contributed by atoms with E-state index >= 15 is 0 Å². The second kappa shape index (κ2) is 7.36. The average Bonchev–Trinajstić information content (AvgIpc) is 3.19. The predicted molar refractivity (Wildman–Crippen MR) is 102 cm³/mol. The van der Waals surface area contributed by atoms with Crippen LogP contribution in [-0.4, -0.2) is 36.7 Å². The quantitative estimate of drug-likeness (QED) is 0.599. The van der Waals surface area contributed by atoms with Crippen LogP contribution in [-0.2, 0) is 15.9 Å². The predicted octanol–water partition coefficient (Wildman–Crippen LogP) is 3.81. The van der Waals surface area contributed by atoms with E-state index < -0.39 is 11.9 Å². The van der Waals surface area contributed by atoms with Crippen molar-refractivity contribution in [3.63, 3.8) is 0 Å². The fourth-order valence-electron chi connectivity index (χ4n) is 3.13. The number of carbonyl (C=O) groups is 4. The molecule has 1 aliphatic carbocycles. The maximum atomic E-state index is 13.2. The van der Waals surface area contributed by atoms with Gasteiger partial charge >= 0.3 is 11.9 Å². The zero-order valence-corrected chi connectivity index (χ0v) is 17.0. The minimum absolute atomic E-state index is 0.207. The summed E-state index contributed by atoms with van der Waals surface area (Å²) >= 11 is 1.96. The zero-order valence-electron chi connectivity index (χ0n) is 15.4. The number of hydrogen-bond donors (Lipinski definition) is 0. The van der Waals surface area contributed by atoms with E-state index in [2.05, 4.69) is 0 Å². The van der Waals surface area contributed by atoms with Gasteiger partial charge in [-0.05, 0) is 38.3 Å². The second-order valence-corrected chi connectivity index (χ2v) is 7.87. The number of carbonyl (C=O) groups excluding carboxylic acids is 4. The lowest BCUT2D eigenvalue weighted by molar-refractivity contribution is 0.0521. The summed E-state index contributed by atoms with van der Waals surface area (Å²) in [5.41, 5.74) is 1.48. The van der Waals surface area contributed by atoms with Gasteiger partial charge in [-0.3, -0.25) is 9.59 Å². The van der Waals surface area contributed by atoms with Gasteiger partial charge in [0.15, 0.2) is 5.78 Å². The van der Waals surface area contributed by atoms with Crippen molar-refractivity contribution in [2.45, 2.75) is 34.1 Å². The summed E-state index contributed by atoms with van der Waals surface area (Å²) in [6, 6.07) is 0. The Bertz CT molecular complexity index is 979. The largest absolute Gasteiger partial charge is 0.462 e. The van der Waals surface area contributed by atoms with Gasteiger partial charge in [-0.25, -0.2) is 9.59 Å². The normalized spacial score (nSPS) is 12.6. The lowest BCUT2D eigenvalue weighted by Crippen LogP contribution is -2.19. The van der Waals surface area contributed by atoms with E-state index in [0.29, 0.717) is 22.4 Å². The van der Waals surface area contributed by atoms with Gasteiger partial charge in [0.2, 0.25) is 5.78 Å². The van der Waals surface area contributed by atoms with Gasteiger partial charge in [0.05, 0.1) is 23.0 Å². The maximum absolute atomic E-state index is 13.2. The van der Waals surface area contributed by atoms with Gasteiger partial charge in [0, 0.05) is 11.1 Å². The first kappa shape index (κ1) is 19.4. The lowest BCUT2D eigenvalue weighted by atomic mass is 9.88. The van der Waals surface area contributed by atoms with Crippen LogP contribution < -0.4 is 0 Å². The van der Waals surface area contributed by atoms with Gasteiger partial charge < -0.3 is 9.47 Å². The zero-order chi connectivity index (χ0) is 19.9. The Labute approximate surface area is 164 Å². The average molecular weight is 406 g/mol. The smallest absolute Gasteiger partial charge is 0.348 e. The molecule has 0 aromatic carbocycles. The molecular weight excluding hydrogens is 388 g/mol. The third kappa shape index (κ3) is 2.93. The third-order valence-electron chi connectivity index (χ3n) is 4.30. The molecular formula is C19H18O6S2. The number of fused-ring (bicyclic) bond motifs is 2. The molecule has 1 aliphatic rings. The molecule has 2 heterocycles. The monoisotopic (exact) mass is 406 g/mol. The maximum Gasteiger partial charge on any atom is 0.348 e. The summed E-state index contributed by atoms with van der Waals surface area (Å²) < 4.78 is 10.1. The van der Waals surface area contributed by atoms with Crippen LogP contribution in [0.2, 0.25) is 0 Å². The minimum atomic E-state index is -0.540. The number of ether oxygens (including phenoxy) is 2. The standard InChI is InChI=1S/C19H18O6S2/c1-5-9-11-12(20)10-8(4)14(18(22)24-6-2)26-16(10)13(21)17(11)27-15(9)19(23)25-7-3/h5-7H2,1-4H3. The van der Waals surface area contributed by atoms with E-state index in [1.165, 1.54) is 0 Å². The van der Waals surface area contributed by atoms with Crippen molar-refractivity contribution in [3.05, 3.63) is 41.8 Å². The SMILES string of the molecule is CCOC(=O)c1sc2c(c1C)C(=O)c1c(sc(C(=O)OCC)c1CC)C2=O. The van der Waals surface area contributed by atoms with E-state index in [0.717, 1.165) is 22.7 Å². The first-order chi connectivity index (χ1) is 12.9. The summed E-state index contributed by atoms with van der Waals surface area (Å²) in [6.07, 6.45) is 0.419. The van der Waals surface area contributed by atoms with E-state index in [4.69, 9.17) is 9.47 Å². The highest BCUT2D eigenvalue weighted by molar-refractivity contribution is 7.20. The highest BCUT2D eigenvalue weighted by atomic mass is 32.1. The third-order valence-corrected chi connectivity index (χ3v) is 6.78. The summed E-state index contributed by atoms with van der Waals surface area (Å²) in [7, 11) is 0. The Balaban J connectivity index is 2.18. The van der Waals surface area contributed by atoms with Gasteiger partial charge in [-0.15, -0.1) is 22.7 Å². The molecule has 0 N–H and O–H groups in total. The van der Waals surface area contributed by atoms with Crippen molar-refractivity contribution < 1.29 is 28.7 Å². The van der Waals surface area contributed by atoms with Crippen molar-refractivity contribution in [2.75, 3.05) is 13.2 Å². The molecule has 0 saturated carbocycles. The molecule has 27 heavy (non-hydrogen) atoms. The van der Waals surface area contributed by atoms with E-state index in [9.17, 15) is 19.2 Å². The van der Waals surface area contributed by atoms with Gasteiger partial charge in [0.25, 0.3) is 0 Å². The second-order valence-electron chi connectivity index (χ2n) is 5.83. The molecule has 6 nitrogen and oxygen atoms in total. The number of thiophene rings is 2. The minimum Gasteiger partial charge on any atom is -0.462 e.